The molecule has 2 aliphatic carbocycles. The van der Waals surface area contributed by atoms with Crippen LogP contribution in [0, 0.1) is 0 Å². The van der Waals surface area contributed by atoms with Crippen LogP contribution in [0.4, 0.5) is 17.1 Å². The standard InChI is InChI=1S/C68H63N/c1-9-46-41-47(10-2)43-56(42-46)69(54-38-40-63-60(44-54)58-26-18-20-28-62(58)67(63,50-21-13-11-14-22-50)52-33-29-48(30-34-52)65(3,4)5)55-37-39-59-57-25-17-19-27-61(57)68(64(59)45-55,51-23-15-12-16-24-51)53-35-31-49(32-36-53)66(6,7)8/h11-45H,9-10H2,1-8H3. The molecule has 69 heavy (non-hydrogen) atoms. The van der Waals surface area contributed by atoms with Crippen molar-refractivity contribution in [3.63, 3.8) is 0 Å². The highest BCUT2D eigenvalue weighted by atomic mass is 15.1. The van der Waals surface area contributed by atoms with Gasteiger partial charge in [-0.15, -0.1) is 0 Å². The lowest BCUT2D eigenvalue weighted by Crippen LogP contribution is -2.29. The summed E-state index contributed by atoms with van der Waals surface area (Å²) in [6.07, 6.45) is 1.92. The Balaban J connectivity index is 1.18. The molecule has 340 valence electrons. The van der Waals surface area contributed by atoms with Crippen molar-refractivity contribution in [1.29, 1.82) is 0 Å². The number of rotatable bonds is 9. The van der Waals surface area contributed by atoms with Crippen LogP contribution in [0.5, 0.6) is 0 Å². The quantitative estimate of drug-likeness (QED) is 0.140. The molecule has 1 heteroatoms. The summed E-state index contributed by atoms with van der Waals surface area (Å²) < 4.78 is 0. The Morgan fingerprint density at radius 3 is 1.20 bits per heavy atom. The SMILES string of the molecule is CCc1cc(CC)cc(N(c2ccc3c(c2)-c2ccccc2C3(c2ccccc2)c2ccc(C(C)(C)C)cc2)c2ccc3c(c2)C(c2ccccc2)(c2ccc(C(C)(C)C)cc2)c2ccccc2-3)c1. The Bertz CT molecular complexity index is 3320. The van der Waals surface area contributed by atoms with Gasteiger partial charge in [0.1, 0.15) is 0 Å². The largest absolute Gasteiger partial charge is 0.310 e. The van der Waals surface area contributed by atoms with Crippen molar-refractivity contribution in [3.8, 4) is 22.3 Å². The number of hydrogen-bond acceptors (Lipinski definition) is 1. The molecular weight excluding hydrogens is 831 g/mol. The first-order valence-electron chi connectivity index (χ1n) is 25.1. The highest BCUT2D eigenvalue weighted by Crippen LogP contribution is 2.60. The fourth-order valence-electron chi connectivity index (χ4n) is 11.9. The van der Waals surface area contributed by atoms with Crippen molar-refractivity contribution in [1.82, 2.24) is 0 Å². The maximum absolute atomic E-state index is 2.55. The zero-order chi connectivity index (χ0) is 47.7. The average Bonchev–Trinajstić information content (AvgIpc) is 3.84. The van der Waals surface area contributed by atoms with E-state index in [1.54, 1.807) is 0 Å². The summed E-state index contributed by atoms with van der Waals surface area (Å²) in [5, 5.41) is 0. The lowest BCUT2D eigenvalue weighted by Gasteiger charge is -2.36. The number of aryl methyl sites for hydroxylation is 2. The zero-order valence-electron chi connectivity index (χ0n) is 41.6. The van der Waals surface area contributed by atoms with Gasteiger partial charge < -0.3 is 4.90 Å². The number of anilines is 3. The number of fused-ring (bicyclic) bond motifs is 6. The molecule has 0 aliphatic heterocycles. The van der Waals surface area contributed by atoms with Gasteiger partial charge in [-0.2, -0.15) is 0 Å². The van der Waals surface area contributed by atoms with Gasteiger partial charge in [-0.05, 0) is 149 Å². The van der Waals surface area contributed by atoms with E-state index in [9.17, 15) is 0 Å². The van der Waals surface area contributed by atoms with Crippen LogP contribution >= 0.6 is 0 Å². The summed E-state index contributed by atoms with van der Waals surface area (Å²) >= 11 is 0. The van der Waals surface area contributed by atoms with E-state index < -0.39 is 10.8 Å². The molecule has 9 aromatic carbocycles. The van der Waals surface area contributed by atoms with Crippen molar-refractivity contribution >= 4 is 17.1 Å². The van der Waals surface area contributed by atoms with Gasteiger partial charge in [0, 0.05) is 17.1 Å². The molecule has 0 N–H and O–H groups in total. The van der Waals surface area contributed by atoms with Crippen molar-refractivity contribution < 1.29 is 0 Å². The predicted octanol–water partition coefficient (Wildman–Crippen LogP) is 17.6. The first-order chi connectivity index (χ1) is 33.4. The molecule has 0 fully saturated rings. The van der Waals surface area contributed by atoms with Crippen LogP contribution in [0.3, 0.4) is 0 Å². The molecular formula is C68H63N. The van der Waals surface area contributed by atoms with Crippen LogP contribution in [-0.4, -0.2) is 0 Å². The minimum atomic E-state index is -0.542. The van der Waals surface area contributed by atoms with Gasteiger partial charge in [0.05, 0.1) is 10.8 Å². The average molecular weight is 894 g/mol. The molecule has 0 radical (unpaired) electrons. The van der Waals surface area contributed by atoms with Crippen LogP contribution in [0.1, 0.15) is 122 Å². The maximum Gasteiger partial charge on any atom is 0.0714 e. The minimum Gasteiger partial charge on any atom is -0.310 e. The highest BCUT2D eigenvalue weighted by Gasteiger charge is 2.48. The smallest absolute Gasteiger partial charge is 0.0714 e. The number of benzene rings is 9. The normalized spacial score (nSPS) is 16.9. The molecule has 0 saturated heterocycles. The monoisotopic (exact) mass is 893 g/mol. The van der Waals surface area contributed by atoms with Gasteiger partial charge in [0.25, 0.3) is 0 Å². The molecule has 0 bridgehead atoms. The van der Waals surface area contributed by atoms with Gasteiger partial charge in [-0.1, -0.05) is 231 Å². The van der Waals surface area contributed by atoms with E-state index in [1.165, 1.54) is 94.7 Å². The van der Waals surface area contributed by atoms with E-state index in [2.05, 4.69) is 273 Å². The molecule has 0 aromatic heterocycles. The molecule has 1 nitrogen and oxygen atoms in total. The molecule has 2 aliphatic rings. The lowest BCUT2D eigenvalue weighted by molar-refractivity contribution is 0.589. The topological polar surface area (TPSA) is 3.24 Å². The van der Waals surface area contributed by atoms with Gasteiger partial charge in [-0.25, -0.2) is 0 Å². The molecule has 0 saturated carbocycles. The van der Waals surface area contributed by atoms with E-state index in [0.717, 1.165) is 24.2 Å². The first kappa shape index (κ1) is 44.3. The van der Waals surface area contributed by atoms with Crippen LogP contribution < -0.4 is 4.90 Å². The highest BCUT2D eigenvalue weighted by molar-refractivity contribution is 5.93. The van der Waals surface area contributed by atoms with E-state index in [1.807, 2.05) is 0 Å². The van der Waals surface area contributed by atoms with Crippen molar-refractivity contribution in [2.75, 3.05) is 4.90 Å². The van der Waals surface area contributed by atoms with Crippen LogP contribution in [0.2, 0.25) is 0 Å². The maximum atomic E-state index is 2.55. The van der Waals surface area contributed by atoms with E-state index in [4.69, 9.17) is 0 Å². The van der Waals surface area contributed by atoms with Crippen LogP contribution in [0.25, 0.3) is 22.3 Å². The van der Waals surface area contributed by atoms with E-state index in [-0.39, 0.29) is 10.8 Å². The van der Waals surface area contributed by atoms with Crippen molar-refractivity contribution in [2.45, 2.75) is 89.9 Å². The van der Waals surface area contributed by atoms with Crippen molar-refractivity contribution in [2.24, 2.45) is 0 Å². The summed E-state index contributed by atoms with van der Waals surface area (Å²) in [4.78, 5) is 2.55. The zero-order valence-corrected chi connectivity index (χ0v) is 41.6. The third-order valence-corrected chi connectivity index (χ3v) is 15.5. The summed E-state index contributed by atoms with van der Waals surface area (Å²) in [5.74, 6) is 0. The molecule has 2 unspecified atom stereocenters. The second-order valence-electron chi connectivity index (χ2n) is 21.5. The molecule has 0 amide bonds. The third-order valence-electron chi connectivity index (χ3n) is 15.5. The van der Waals surface area contributed by atoms with Gasteiger partial charge >= 0.3 is 0 Å². The van der Waals surface area contributed by atoms with E-state index >= 15 is 0 Å². The lowest BCUT2D eigenvalue weighted by atomic mass is 9.67. The minimum absolute atomic E-state index is 0.0377. The molecule has 2 atom stereocenters. The summed E-state index contributed by atoms with van der Waals surface area (Å²) in [5.41, 5.74) is 23.3. The Morgan fingerprint density at radius 1 is 0.319 bits per heavy atom. The summed E-state index contributed by atoms with van der Waals surface area (Å²) in [6, 6.07) is 81.5. The Morgan fingerprint density at radius 2 is 0.710 bits per heavy atom. The van der Waals surface area contributed by atoms with Gasteiger partial charge in [-0.3, -0.25) is 0 Å². The Hall–Kier alpha value is -7.22. The third kappa shape index (κ3) is 7.03. The fraction of sp³-hybridized carbons (Fsp3) is 0.206. The molecule has 0 heterocycles. The number of nitrogens with zero attached hydrogens (tertiary/aromatic N) is 1. The summed E-state index contributed by atoms with van der Waals surface area (Å²) in [7, 11) is 0. The number of hydrogen-bond donors (Lipinski definition) is 0. The molecule has 9 aromatic rings. The van der Waals surface area contributed by atoms with Crippen LogP contribution in [-0.2, 0) is 34.5 Å². The second kappa shape index (κ2) is 16.8. The van der Waals surface area contributed by atoms with Crippen molar-refractivity contribution in [3.05, 3.63) is 279 Å². The summed E-state index contributed by atoms with van der Waals surface area (Å²) in [6.45, 7) is 18.4. The van der Waals surface area contributed by atoms with E-state index in [0.29, 0.717) is 0 Å². The fourth-order valence-corrected chi connectivity index (χ4v) is 11.9. The predicted molar refractivity (Wildman–Crippen MR) is 292 cm³/mol. The van der Waals surface area contributed by atoms with Gasteiger partial charge in [0.15, 0.2) is 0 Å². The molecule has 0 spiro atoms. The van der Waals surface area contributed by atoms with Gasteiger partial charge in [0.2, 0.25) is 0 Å². The molecule has 11 rings (SSSR count). The first-order valence-corrected chi connectivity index (χ1v) is 25.1. The Labute approximate surface area is 411 Å². The Kier molecular flexibility index (Phi) is 10.8. The van der Waals surface area contributed by atoms with Crippen LogP contribution in [0.15, 0.2) is 212 Å². The second-order valence-corrected chi connectivity index (χ2v) is 21.5.